The highest BCUT2D eigenvalue weighted by Gasteiger charge is 2.24. The molecule has 1 rings (SSSR count). The average molecular weight is 305 g/mol. The number of thiazole rings is 1. The second-order valence-electron chi connectivity index (χ2n) is 5.28. The number of hydrogen-bond donors (Lipinski definition) is 1. The Labute approximate surface area is 120 Å². The lowest BCUT2D eigenvalue weighted by Gasteiger charge is -2.21. The van der Waals surface area contributed by atoms with Crippen molar-refractivity contribution in [2.24, 2.45) is 5.92 Å². The Morgan fingerprint density at radius 2 is 1.89 bits per heavy atom. The lowest BCUT2D eigenvalue weighted by Crippen LogP contribution is -2.38. The Morgan fingerprint density at radius 3 is 2.26 bits per heavy atom. The van der Waals surface area contributed by atoms with Gasteiger partial charge in [-0.25, -0.2) is 4.98 Å². The van der Waals surface area contributed by atoms with E-state index in [-0.39, 0.29) is 6.04 Å². The molecule has 1 heterocycles. The normalized spacial score (nSPS) is 14.3. The molecule has 5 nitrogen and oxygen atoms in total. The van der Waals surface area contributed by atoms with Crippen LogP contribution >= 0.6 is 11.3 Å². The minimum atomic E-state index is -3.44. The number of aromatic nitrogens is 1. The van der Waals surface area contributed by atoms with E-state index >= 15 is 0 Å². The Kier molecular flexibility index (Phi) is 5.49. The number of aryl methyl sites for hydroxylation is 2. The van der Waals surface area contributed by atoms with Crippen LogP contribution < -0.4 is 4.72 Å². The van der Waals surface area contributed by atoms with Crippen LogP contribution in [0.2, 0.25) is 0 Å². The first-order valence-corrected chi connectivity index (χ1v) is 8.53. The highest BCUT2D eigenvalue weighted by molar-refractivity contribution is 7.87. The molecule has 0 fully saturated rings. The second-order valence-corrected chi connectivity index (χ2v) is 8.43. The Morgan fingerprint density at radius 1 is 1.32 bits per heavy atom. The van der Waals surface area contributed by atoms with Crippen molar-refractivity contribution in [3.63, 3.8) is 0 Å². The van der Waals surface area contributed by atoms with E-state index in [1.807, 2.05) is 13.8 Å². The summed E-state index contributed by atoms with van der Waals surface area (Å²) in [6.45, 7) is 8.10. The predicted molar refractivity (Wildman–Crippen MR) is 79.5 cm³/mol. The van der Waals surface area contributed by atoms with Crippen molar-refractivity contribution in [3.05, 3.63) is 15.6 Å². The van der Waals surface area contributed by atoms with E-state index < -0.39 is 10.2 Å². The number of nitrogens with one attached hydrogen (secondary N) is 1. The fraction of sp³-hybridized carbons (Fsp3) is 0.750. The second kappa shape index (κ2) is 6.30. The van der Waals surface area contributed by atoms with Gasteiger partial charge in [0.05, 0.1) is 11.7 Å². The van der Waals surface area contributed by atoms with Crippen LogP contribution in [0.15, 0.2) is 0 Å². The number of nitrogens with zero attached hydrogens (tertiary/aromatic N) is 2. The first kappa shape index (κ1) is 16.6. The SMILES string of the molecule is Cc1nc(C(CC(C)C)NS(=O)(=O)N(C)C)sc1C. The molecule has 0 bridgehead atoms. The molecule has 0 aliphatic rings. The summed E-state index contributed by atoms with van der Waals surface area (Å²) in [6, 6.07) is -0.259. The molecule has 1 atom stereocenters. The van der Waals surface area contributed by atoms with Crippen LogP contribution in [0.25, 0.3) is 0 Å². The summed E-state index contributed by atoms with van der Waals surface area (Å²) < 4.78 is 27.9. The fourth-order valence-electron chi connectivity index (χ4n) is 1.60. The van der Waals surface area contributed by atoms with Gasteiger partial charge in [-0.1, -0.05) is 13.8 Å². The molecular weight excluding hydrogens is 282 g/mol. The van der Waals surface area contributed by atoms with Gasteiger partial charge in [0.15, 0.2) is 0 Å². The minimum Gasteiger partial charge on any atom is -0.245 e. The van der Waals surface area contributed by atoms with E-state index in [4.69, 9.17) is 0 Å². The van der Waals surface area contributed by atoms with Gasteiger partial charge in [0, 0.05) is 19.0 Å². The molecule has 7 heteroatoms. The topological polar surface area (TPSA) is 62.3 Å². The molecule has 0 saturated heterocycles. The van der Waals surface area contributed by atoms with Crippen LogP contribution in [-0.4, -0.2) is 31.8 Å². The molecule has 0 spiro atoms. The van der Waals surface area contributed by atoms with E-state index in [2.05, 4.69) is 23.6 Å². The summed E-state index contributed by atoms with van der Waals surface area (Å²) in [5, 5.41) is 0.842. The standard InChI is InChI=1S/C12H23N3O2S2/c1-8(2)7-11(14-19(16,17)15(5)6)12-13-9(3)10(4)18-12/h8,11,14H,7H2,1-6H3. The van der Waals surface area contributed by atoms with Crippen molar-refractivity contribution in [3.8, 4) is 0 Å². The highest BCUT2D eigenvalue weighted by atomic mass is 32.2. The maximum atomic E-state index is 12.0. The summed E-state index contributed by atoms with van der Waals surface area (Å²) in [5.41, 5.74) is 0.970. The van der Waals surface area contributed by atoms with Gasteiger partial charge >= 0.3 is 0 Å². The van der Waals surface area contributed by atoms with Crippen LogP contribution in [0.5, 0.6) is 0 Å². The van der Waals surface area contributed by atoms with Gasteiger partial charge in [-0.05, 0) is 26.2 Å². The van der Waals surface area contributed by atoms with Crippen LogP contribution in [0.4, 0.5) is 0 Å². The molecule has 110 valence electrons. The fourth-order valence-corrected chi connectivity index (χ4v) is 3.44. The lowest BCUT2D eigenvalue weighted by atomic mass is 10.1. The van der Waals surface area contributed by atoms with Crippen LogP contribution in [0.1, 0.15) is 41.9 Å². The Hall–Kier alpha value is -0.500. The van der Waals surface area contributed by atoms with E-state index in [0.717, 1.165) is 22.0 Å². The number of rotatable bonds is 6. The largest absolute Gasteiger partial charge is 0.279 e. The van der Waals surface area contributed by atoms with Crippen molar-refractivity contribution in [2.75, 3.05) is 14.1 Å². The van der Waals surface area contributed by atoms with E-state index in [0.29, 0.717) is 5.92 Å². The highest BCUT2D eigenvalue weighted by Crippen LogP contribution is 2.28. The van der Waals surface area contributed by atoms with Crippen molar-refractivity contribution < 1.29 is 8.42 Å². The summed E-state index contributed by atoms with van der Waals surface area (Å²) >= 11 is 1.56. The van der Waals surface area contributed by atoms with Gasteiger partial charge in [0.1, 0.15) is 5.01 Å². The molecule has 0 aromatic carbocycles. The summed E-state index contributed by atoms with van der Waals surface area (Å²) in [4.78, 5) is 5.61. The lowest BCUT2D eigenvalue weighted by molar-refractivity contribution is 0.446. The zero-order chi connectivity index (χ0) is 14.8. The molecule has 19 heavy (non-hydrogen) atoms. The molecule has 0 amide bonds. The smallest absolute Gasteiger partial charge is 0.245 e. The van der Waals surface area contributed by atoms with E-state index in [1.54, 1.807) is 11.3 Å². The van der Waals surface area contributed by atoms with E-state index in [1.165, 1.54) is 18.4 Å². The van der Waals surface area contributed by atoms with E-state index in [9.17, 15) is 8.42 Å². The van der Waals surface area contributed by atoms with Crippen molar-refractivity contribution in [2.45, 2.75) is 40.2 Å². The zero-order valence-electron chi connectivity index (χ0n) is 12.4. The van der Waals surface area contributed by atoms with Crippen LogP contribution in [0.3, 0.4) is 0 Å². The minimum absolute atomic E-state index is 0.259. The first-order chi connectivity index (χ1) is 8.63. The third-order valence-corrected chi connectivity index (χ3v) is 5.55. The van der Waals surface area contributed by atoms with Gasteiger partial charge in [-0.2, -0.15) is 17.4 Å². The van der Waals surface area contributed by atoms with Crippen LogP contribution in [-0.2, 0) is 10.2 Å². The first-order valence-electron chi connectivity index (χ1n) is 6.27. The summed E-state index contributed by atoms with van der Waals surface area (Å²) in [6.07, 6.45) is 0.736. The van der Waals surface area contributed by atoms with Crippen molar-refractivity contribution in [1.29, 1.82) is 0 Å². The average Bonchev–Trinajstić information content (AvgIpc) is 2.57. The molecule has 0 aliphatic carbocycles. The third-order valence-electron chi connectivity index (χ3n) is 2.82. The maximum Gasteiger partial charge on any atom is 0.279 e. The quantitative estimate of drug-likeness (QED) is 0.877. The molecule has 1 unspecified atom stereocenters. The molecular formula is C12H23N3O2S2. The van der Waals surface area contributed by atoms with Gasteiger partial charge in [0.25, 0.3) is 10.2 Å². The van der Waals surface area contributed by atoms with Gasteiger partial charge < -0.3 is 0 Å². The number of hydrogen-bond acceptors (Lipinski definition) is 4. The molecule has 0 saturated carbocycles. The molecule has 1 N–H and O–H groups in total. The molecule has 0 radical (unpaired) electrons. The molecule has 0 aliphatic heterocycles. The van der Waals surface area contributed by atoms with Crippen molar-refractivity contribution >= 4 is 21.5 Å². The van der Waals surface area contributed by atoms with Gasteiger partial charge in [0.2, 0.25) is 0 Å². The van der Waals surface area contributed by atoms with Crippen LogP contribution in [0, 0.1) is 19.8 Å². The Bertz CT molecular complexity index is 502. The van der Waals surface area contributed by atoms with Crippen molar-refractivity contribution in [1.82, 2.24) is 14.0 Å². The summed E-state index contributed by atoms with van der Waals surface area (Å²) in [5.74, 6) is 0.388. The van der Waals surface area contributed by atoms with Gasteiger partial charge in [-0.15, -0.1) is 11.3 Å². The maximum absolute atomic E-state index is 12.0. The summed E-state index contributed by atoms with van der Waals surface area (Å²) in [7, 11) is -0.403. The molecule has 1 aromatic heterocycles. The predicted octanol–water partition coefficient (Wildman–Crippen LogP) is 2.24. The van der Waals surface area contributed by atoms with Gasteiger partial charge in [-0.3, -0.25) is 0 Å². The Balaban J connectivity index is 3.02. The monoisotopic (exact) mass is 305 g/mol. The third kappa shape index (κ3) is 4.52. The molecule has 1 aromatic rings. The zero-order valence-corrected chi connectivity index (χ0v) is 14.0.